The minimum absolute atomic E-state index is 0.0271. The number of carbonyl (C=O) groups is 1. The maximum absolute atomic E-state index is 11.2. The first kappa shape index (κ1) is 12.5. The van der Waals surface area contributed by atoms with Crippen LogP contribution in [0.1, 0.15) is 18.9 Å². The largest absolute Gasteiger partial charge is 0.352 e. The summed E-state index contributed by atoms with van der Waals surface area (Å²) in [6.45, 7) is 1.89. The summed E-state index contributed by atoms with van der Waals surface area (Å²) in [6, 6.07) is 9.30. The molecule has 0 bridgehead atoms. The Bertz CT molecular complexity index is 412. The van der Waals surface area contributed by atoms with E-state index in [4.69, 9.17) is 16.9 Å². The molecule has 16 heavy (non-hydrogen) atoms. The predicted octanol–water partition coefficient (Wildman–Crippen LogP) is 2.30. The van der Waals surface area contributed by atoms with E-state index in [0.717, 1.165) is 5.56 Å². The molecule has 0 unspecified atom stereocenters. The molecule has 0 saturated heterocycles. The van der Waals surface area contributed by atoms with Crippen molar-refractivity contribution in [3.05, 3.63) is 34.9 Å². The van der Waals surface area contributed by atoms with Crippen molar-refractivity contribution < 1.29 is 4.79 Å². The highest BCUT2D eigenvalue weighted by Crippen LogP contribution is 2.16. The zero-order chi connectivity index (χ0) is 12.0. The fourth-order valence-corrected chi connectivity index (χ4v) is 1.66. The summed E-state index contributed by atoms with van der Waals surface area (Å²) in [7, 11) is 0. The molecule has 0 radical (unpaired) electrons. The SMILES string of the molecule is C[C@@H](Cc1ccccc1Cl)NC(=O)CC#N. The van der Waals surface area contributed by atoms with E-state index >= 15 is 0 Å². The molecule has 84 valence electrons. The van der Waals surface area contributed by atoms with Crippen molar-refractivity contribution in [1.29, 1.82) is 5.26 Å². The van der Waals surface area contributed by atoms with Gasteiger partial charge in [0.05, 0.1) is 6.07 Å². The van der Waals surface area contributed by atoms with Crippen LogP contribution in [0.4, 0.5) is 0 Å². The molecule has 1 atom stereocenters. The van der Waals surface area contributed by atoms with Crippen LogP contribution < -0.4 is 5.32 Å². The molecular weight excluding hydrogens is 224 g/mol. The third kappa shape index (κ3) is 3.92. The van der Waals surface area contributed by atoms with Gasteiger partial charge in [-0.3, -0.25) is 4.79 Å². The topological polar surface area (TPSA) is 52.9 Å². The minimum atomic E-state index is -0.248. The Kier molecular flexibility index (Phi) is 4.81. The minimum Gasteiger partial charge on any atom is -0.352 e. The summed E-state index contributed by atoms with van der Waals surface area (Å²) in [5.74, 6) is -0.248. The van der Waals surface area contributed by atoms with Crippen molar-refractivity contribution in [3.63, 3.8) is 0 Å². The number of nitrogens with one attached hydrogen (secondary N) is 1. The number of amides is 1. The van der Waals surface area contributed by atoms with Crippen molar-refractivity contribution in [2.45, 2.75) is 25.8 Å². The van der Waals surface area contributed by atoms with Crippen LogP contribution >= 0.6 is 11.6 Å². The third-order valence-electron chi connectivity index (χ3n) is 2.13. The number of halogens is 1. The highest BCUT2D eigenvalue weighted by molar-refractivity contribution is 6.31. The summed E-state index contributed by atoms with van der Waals surface area (Å²) in [5, 5.41) is 11.8. The number of hydrogen-bond acceptors (Lipinski definition) is 2. The number of hydrogen-bond donors (Lipinski definition) is 1. The van der Waals surface area contributed by atoms with Crippen LogP contribution in [0.3, 0.4) is 0 Å². The lowest BCUT2D eigenvalue weighted by molar-refractivity contribution is -0.120. The van der Waals surface area contributed by atoms with E-state index in [1.165, 1.54) is 0 Å². The summed E-state index contributed by atoms with van der Waals surface area (Å²) in [5.41, 5.74) is 0.994. The number of carbonyl (C=O) groups excluding carboxylic acids is 1. The Morgan fingerprint density at radius 3 is 2.88 bits per heavy atom. The van der Waals surface area contributed by atoms with E-state index in [1.807, 2.05) is 37.3 Å². The zero-order valence-corrected chi connectivity index (χ0v) is 9.79. The normalized spacial score (nSPS) is 11.6. The lowest BCUT2D eigenvalue weighted by atomic mass is 10.1. The van der Waals surface area contributed by atoms with Crippen molar-refractivity contribution in [3.8, 4) is 6.07 Å². The van der Waals surface area contributed by atoms with Crippen LogP contribution in [0.25, 0.3) is 0 Å². The molecule has 1 amide bonds. The maximum Gasteiger partial charge on any atom is 0.234 e. The van der Waals surface area contributed by atoms with Gasteiger partial charge in [-0.25, -0.2) is 0 Å². The van der Waals surface area contributed by atoms with Gasteiger partial charge in [0, 0.05) is 11.1 Å². The van der Waals surface area contributed by atoms with Gasteiger partial charge in [0.15, 0.2) is 0 Å². The van der Waals surface area contributed by atoms with Gasteiger partial charge in [-0.2, -0.15) is 5.26 Å². The predicted molar refractivity (Wildman–Crippen MR) is 63.0 cm³/mol. The van der Waals surface area contributed by atoms with Gasteiger partial charge in [-0.15, -0.1) is 0 Å². The maximum atomic E-state index is 11.2. The Hall–Kier alpha value is -1.53. The van der Waals surface area contributed by atoms with Crippen molar-refractivity contribution >= 4 is 17.5 Å². The molecule has 0 saturated carbocycles. The highest BCUT2D eigenvalue weighted by atomic mass is 35.5. The van der Waals surface area contributed by atoms with Crippen molar-refractivity contribution in [2.75, 3.05) is 0 Å². The summed E-state index contributed by atoms with van der Waals surface area (Å²) >= 11 is 6.00. The number of nitriles is 1. The molecule has 1 aromatic carbocycles. The van der Waals surface area contributed by atoms with Gasteiger partial charge in [0.1, 0.15) is 6.42 Å². The van der Waals surface area contributed by atoms with E-state index in [1.54, 1.807) is 0 Å². The molecule has 1 rings (SSSR count). The van der Waals surface area contributed by atoms with Gasteiger partial charge in [-0.05, 0) is 25.0 Å². The first-order chi connectivity index (χ1) is 7.63. The second-order valence-corrected chi connectivity index (χ2v) is 4.01. The lowest BCUT2D eigenvalue weighted by Gasteiger charge is -2.13. The Morgan fingerprint density at radius 1 is 1.56 bits per heavy atom. The molecule has 0 spiro atoms. The van der Waals surface area contributed by atoms with E-state index in [-0.39, 0.29) is 18.4 Å². The standard InChI is InChI=1S/C12H13ClN2O/c1-9(15-12(16)6-7-14)8-10-4-2-3-5-11(10)13/h2-5,9H,6,8H2,1H3,(H,15,16)/t9-/m0/s1. The quantitative estimate of drug-likeness (QED) is 0.872. The molecule has 0 aliphatic carbocycles. The van der Waals surface area contributed by atoms with Gasteiger partial charge in [-0.1, -0.05) is 29.8 Å². The molecule has 1 N–H and O–H groups in total. The smallest absolute Gasteiger partial charge is 0.234 e. The van der Waals surface area contributed by atoms with E-state index in [0.29, 0.717) is 11.4 Å². The molecule has 3 nitrogen and oxygen atoms in total. The molecule has 4 heteroatoms. The molecular formula is C12H13ClN2O. The van der Waals surface area contributed by atoms with E-state index < -0.39 is 0 Å². The molecule has 0 aliphatic rings. The number of nitrogens with zero attached hydrogens (tertiary/aromatic N) is 1. The summed E-state index contributed by atoms with van der Waals surface area (Å²) in [4.78, 5) is 11.2. The van der Waals surface area contributed by atoms with Crippen LogP contribution in [0.15, 0.2) is 24.3 Å². The van der Waals surface area contributed by atoms with Crippen LogP contribution in [0.5, 0.6) is 0 Å². The Morgan fingerprint density at radius 2 is 2.25 bits per heavy atom. The molecule has 0 aromatic heterocycles. The summed E-state index contributed by atoms with van der Waals surface area (Å²) < 4.78 is 0. The molecule has 0 aliphatic heterocycles. The van der Waals surface area contributed by atoms with E-state index in [2.05, 4.69) is 5.32 Å². The van der Waals surface area contributed by atoms with Gasteiger partial charge >= 0.3 is 0 Å². The Balaban J connectivity index is 2.52. The van der Waals surface area contributed by atoms with Crippen LogP contribution in [-0.2, 0) is 11.2 Å². The lowest BCUT2D eigenvalue weighted by Crippen LogP contribution is -2.33. The van der Waals surface area contributed by atoms with Gasteiger partial charge in [0.2, 0.25) is 5.91 Å². The average Bonchev–Trinajstić information content (AvgIpc) is 2.21. The van der Waals surface area contributed by atoms with E-state index in [9.17, 15) is 4.79 Å². The molecule has 0 heterocycles. The first-order valence-corrected chi connectivity index (χ1v) is 5.41. The fraction of sp³-hybridized carbons (Fsp3) is 0.333. The monoisotopic (exact) mass is 236 g/mol. The Labute approximate surface area is 100 Å². The molecule has 1 aromatic rings. The molecule has 0 fully saturated rings. The number of rotatable bonds is 4. The van der Waals surface area contributed by atoms with Crippen LogP contribution in [0, 0.1) is 11.3 Å². The van der Waals surface area contributed by atoms with Crippen LogP contribution in [0.2, 0.25) is 5.02 Å². The average molecular weight is 237 g/mol. The first-order valence-electron chi connectivity index (χ1n) is 5.03. The van der Waals surface area contributed by atoms with Crippen molar-refractivity contribution in [1.82, 2.24) is 5.32 Å². The highest BCUT2D eigenvalue weighted by Gasteiger charge is 2.09. The zero-order valence-electron chi connectivity index (χ0n) is 9.03. The van der Waals surface area contributed by atoms with Gasteiger partial charge in [0.25, 0.3) is 0 Å². The van der Waals surface area contributed by atoms with Gasteiger partial charge < -0.3 is 5.32 Å². The number of benzene rings is 1. The fourth-order valence-electron chi connectivity index (χ4n) is 1.44. The third-order valence-corrected chi connectivity index (χ3v) is 2.50. The second-order valence-electron chi connectivity index (χ2n) is 3.60. The van der Waals surface area contributed by atoms with Crippen molar-refractivity contribution in [2.24, 2.45) is 0 Å². The van der Waals surface area contributed by atoms with Crippen LogP contribution in [-0.4, -0.2) is 11.9 Å². The summed E-state index contributed by atoms with van der Waals surface area (Å²) in [6.07, 6.45) is 0.559. The second kappa shape index (κ2) is 6.14.